The number of aliphatic hydroxyl groups excluding tert-OH is 1. The molecular weight excluding hydrogens is 436 g/mol. The Morgan fingerprint density at radius 1 is 0.800 bits per heavy atom. The molecule has 0 saturated carbocycles. The fourth-order valence-corrected chi connectivity index (χ4v) is 4.75. The van der Waals surface area contributed by atoms with E-state index >= 15 is 0 Å². The predicted molar refractivity (Wildman–Crippen MR) is 138 cm³/mol. The molecule has 0 bridgehead atoms. The van der Waals surface area contributed by atoms with Gasteiger partial charge in [-0.2, -0.15) is 5.10 Å². The number of benzene rings is 2. The van der Waals surface area contributed by atoms with Gasteiger partial charge >= 0.3 is 0 Å². The van der Waals surface area contributed by atoms with Crippen LogP contribution in [0, 0.1) is 13.8 Å². The highest BCUT2D eigenvalue weighted by Gasteiger charge is 2.23. The van der Waals surface area contributed by atoms with Crippen LogP contribution in [0.3, 0.4) is 0 Å². The van der Waals surface area contributed by atoms with Crippen LogP contribution in [-0.2, 0) is 19.7 Å². The summed E-state index contributed by atoms with van der Waals surface area (Å²) in [6, 6.07) is 18.4. The third-order valence-electron chi connectivity index (χ3n) is 6.85. The van der Waals surface area contributed by atoms with E-state index in [-0.39, 0.29) is 6.61 Å². The molecule has 0 unspecified atom stereocenters. The number of rotatable bonds is 7. The average molecular weight is 469 g/mol. The van der Waals surface area contributed by atoms with Crippen LogP contribution in [0.1, 0.15) is 28.1 Å². The Balaban J connectivity index is 1.26. The molecule has 1 aliphatic rings. The van der Waals surface area contributed by atoms with Crippen LogP contribution in [0.2, 0.25) is 0 Å². The molecule has 1 N–H and O–H groups in total. The van der Waals surface area contributed by atoms with Gasteiger partial charge in [0.05, 0.1) is 18.8 Å². The van der Waals surface area contributed by atoms with Crippen LogP contribution in [-0.4, -0.2) is 55.9 Å². The van der Waals surface area contributed by atoms with Gasteiger partial charge in [-0.15, -0.1) is 0 Å². The Labute approximate surface area is 206 Å². The van der Waals surface area contributed by atoms with Gasteiger partial charge in [0, 0.05) is 61.9 Å². The van der Waals surface area contributed by atoms with Crippen LogP contribution in [0.5, 0.6) is 0 Å². The van der Waals surface area contributed by atoms with Crippen LogP contribution < -0.4 is 4.90 Å². The van der Waals surface area contributed by atoms with Crippen molar-refractivity contribution in [2.45, 2.75) is 33.5 Å². The van der Waals surface area contributed by atoms with Gasteiger partial charge in [-0.05, 0) is 25.0 Å². The van der Waals surface area contributed by atoms with Crippen LogP contribution in [0.4, 0.5) is 5.82 Å². The van der Waals surface area contributed by atoms with Crippen LogP contribution >= 0.6 is 0 Å². The van der Waals surface area contributed by atoms with Crippen molar-refractivity contribution < 1.29 is 5.11 Å². The minimum atomic E-state index is 0.0413. The molecule has 0 atom stereocenters. The molecule has 0 aliphatic carbocycles. The maximum atomic E-state index is 9.34. The van der Waals surface area contributed by atoms with Crippen molar-refractivity contribution in [1.82, 2.24) is 24.6 Å². The first-order valence-electron chi connectivity index (χ1n) is 12.2. The van der Waals surface area contributed by atoms with E-state index in [1.54, 1.807) is 12.4 Å². The Morgan fingerprint density at radius 2 is 1.51 bits per heavy atom. The number of aryl methyl sites for hydroxylation is 1. The molecule has 2 aromatic carbocycles. The number of anilines is 1. The van der Waals surface area contributed by atoms with Crippen LogP contribution in [0.15, 0.2) is 67.0 Å². The lowest BCUT2D eigenvalue weighted by molar-refractivity contribution is 0.248. The van der Waals surface area contributed by atoms with E-state index in [0.717, 1.165) is 67.6 Å². The molecule has 7 nitrogen and oxygen atoms in total. The Morgan fingerprint density at radius 3 is 2.23 bits per heavy atom. The number of nitrogens with zero attached hydrogens (tertiary/aromatic N) is 6. The largest absolute Gasteiger partial charge is 0.392 e. The van der Waals surface area contributed by atoms with Crippen molar-refractivity contribution in [1.29, 1.82) is 0 Å². The van der Waals surface area contributed by atoms with Crippen molar-refractivity contribution in [3.63, 3.8) is 0 Å². The van der Waals surface area contributed by atoms with E-state index in [0.29, 0.717) is 0 Å². The zero-order valence-corrected chi connectivity index (χ0v) is 20.4. The molecule has 3 heterocycles. The van der Waals surface area contributed by atoms with Gasteiger partial charge < -0.3 is 10.0 Å². The van der Waals surface area contributed by atoms with Gasteiger partial charge in [-0.3, -0.25) is 14.6 Å². The Bertz CT molecular complexity index is 1260. The van der Waals surface area contributed by atoms with Gasteiger partial charge in [-0.25, -0.2) is 4.98 Å². The van der Waals surface area contributed by atoms with Gasteiger partial charge in [-0.1, -0.05) is 54.6 Å². The van der Waals surface area contributed by atoms with Crippen molar-refractivity contribution in [2.75, 3.05) is 31.1 Å². The molecule has 0 amide bonds. The predicted octanol–water partition coefficient (Wildman–Crippen LogP) is 3.82. The summed E-state index contributed by atoms with van der Waals surface area (Å²) in [5, 5.41) is 14.2. The fraction of sp³-hybridized carbons (Fsp3) is 0.321. The highest BCUT2D eigenvalue weighted by Crippen LogP contribution is 2.28. The standard InChI is InChI=1S/C28H32N6O/c1-21-26(22(2)34(31-21)18-23-6-4-3-5-7-23)19-32-14-16-33(17-15-32)28-27(29-12-13-30-28)25-10-8-24(20-35)9-11-25/h3-13,35H,14-20H2,1-2H3. The first kappa shape index (κ1) is 23.2. The summed E-state index contributed by atoms with van der Waals surface area (Å²) in [4.78, 5) is 14.2. The number of aromatic nitrogens is 4. The van der Waals surface area contributed by atoms with E-state index in [1.165, 1.54) is 16.8 Å². The van der Waals surface area contributed by atoms with E-state index in [1.807, 2.05) is 30.3 Å². The van der Waals surface area contributed by atoms with E-state index in [9.17, 15) is 5.11 Å². The third-order valence-corrected chi connectivity index (χ3v) is 6.85. The van der Waals surface area contributed by atoms with Gasteiger partial charge in [0.1, 0.15) is 5.69 Å². The number of aliphatic hydroxyl groups is 1. The van der Waals surface area contributed by atoms with E-state index < -0.39 is 0 Å². The highest BCUT2D eigenvalue weighted by atomic mass is 16.3. The smallest absolute Gasteiger partial charge is 0.155 e. The molecule has 4 aromatic rings. The summed E-state index contributed by atoms with van der Waals surface area (Å²) in [5.41, 5.74) is 7.76. The van der Waals surface area contributed by atoms with Gasteiger partial charge in [0.15, 0.2) is 5.82 Å². The van der Waals surface area contributed by atoms with E-state index in [4.69, 9.17) is 5.10 Å². The van der Waals surface area contributed by atoms with Crippen molar-refractivity contribution in [3.05, 3.63) is 95.1 Å². The van der Waals surface area contributed by atoms with Crippen molar-refractivity contribution in [3.8, 4) is 11.3 Å². The average Bonchev–Trinajstić information content (AvgIpc) is 3.17. The summed E-state index contributed by atoms with van der Waals surface area (Å²) in [6.45, 7) is 9.78. The molecule has 0 spiro atoms. The summed E-state index contributed by atoms with van der Waals surface area (Å²) in [5.74, 6) is 0.923. The minimum Gasteiger partial charge on any atom is -0.392 e. The first-order chi connectivity index (χ1) is 17.1. The summed E-state index contributed by atoms with van der Waals surface area (Å²) in [7, 11) is 0. The molecule has 180 valence electrons. The summed E-state index contributed by atoms with van der Waals surface area (Å²) < 4.78 is 2.13. The molecular formula is C28H32N6O. The zero-order chi connectivity index (χ0) is 24.2. The SMILES string of the molecule is Cc1nn(Cc2ccccc2)c(C)c1CN1CCN(c2nccnc2-c2ccc(CO)cc2)CC1. The minimum absolute atomic E-state index is 0.0413. The lowest BCUT2D eigenvalue weighted by Crippen LogP contribution is -2.46. The van der Waals surface area contributed by atoms with Crippen LogP contribution in [0.25, 0.3) is 11.3 Å². The van der Waals surface area contributed by atoms with Crippen molar-refractivity contribution >= 4 is 5.82 Å². The highest BCUT2D eigenvalue weighted by molar-refractivity contribution is 5.72. The maximum absolute atomic E-state index is 9.34. The number of piperazine rings is 1. The topological polar surface area (TPSA) is 70.3 Å². The lowest BCUT2D eigenvalue weighted by atomic mass is 10.1. The monoisotopic (exact) mass is 468 g/mol. The van der Waals surface area contributed by atoms with Gasteiger partial charge in [0.2, 0.25) is 0 Å². The van der Waals surface area contributed by atoms with Gasteiger partial charge in [0.25, 0.3) is 0 Å². The number of hydrogen-bond acceptors (Lipinski definition) is 6. The third kappa shape index (κ3) is 5.11. The molecule has 0 radical (unpaired) electrons. The quantitative estimate of drug-likeness (QED) is 0.445. The maximum Gasteiger partial charge on any atom is 0.155 e. The zero-order valence-electron chi connectivity index (χ0n) is 20.4. The molecule has 7 heteroatoms. The first-order valence-corrected chi connectivity index (χ1v) is 12.2. The summed E-state index contributed by atoms with van der Waals surface area (Å²) >= 11 is 0. The second-order valence-electron chi connectivity index (χ2n) is 9.14. The molecule has 1 saturated heterocycles. The second kappa shape index (κ2) is 10.4. The lowest BCUT2D eigenvalue weighted by Gasteiger charge is -2.36. The Kier molecular flexibility index (Phi) is 6.88. The summed E-state index contributed by atoms with van der Waals surface area (Å²) in [6.07, 6.45) is 3.51. The van der Waals surface area contributed by atoms with E-state index in [2.05, 4.69) is 62.6 Å². The molecule has 1 aliphatic heterocycles. The van der Waals surface area contributed by atoms with Crippen molar-refractivity contribution in [2.24, 2.45) is 0 Å². The fourth-order valence-electron chi connectivity index (χ4n) is 4.75. The molecule has 2 aromatic heterocycles. The number of hydrogen-bond donors (Lipinski definition) is 1. The molecule has 5 rings (SSSR count). The Hall–Kier alpha value is -3.55. The molecule has 1 fully saturated rings. The normalized spacial score (nSPS) is 14.4. The second-order valence-corrected chi connectivity index (χ2v) is 9.14. The molecule has 35 heavy (non-hydrogen) atoms.